The highest BCUT2D eigenvalue weighted by atomic mass is 32.2. The van der Waals surface area contributed by atoms with Gasteiger partial charge >= 0.3 is 0 Å². The van der Waals surface area contributed by atoms with E-state index in [0.717, 1.165) is 6.42 Å². The summed E-state index contributed by atoms with van der Waals surface area (Å²) in [5.41, 5.74) is 2.61. The molecule has 0 aliphatic carbocycles. The molecule has 164 valence electrons. The molecule has 2 N–H and O–H groups in total. The fourth-order valence-electron chi connectivity index (χ4n) is 2.29. The van der Waals surface area contributed by atoms with E-state index in [9.17, 15) is 0 Å². The largest absolute Gasteiger partial charge is 0.371 e. The van der Waals surface area contributed by atoms with Crippen molar-refractivity contribution in [3.8, 4) is 0 Å². The van der Waals surface area contributed by atoms with Crippen LogP contribution in [0.25, 0.3) is 0 Å². The average Bonchev–Trinajstić information content (AvgIpc) is 2.80. The van der Waals surface area contributed by atoms with Crippen molar-refractivity contribution in [3.05, 3.63) is 71.8 Å². The molecule has 0 saturated carbocycles. The lowest BCUT2D eigenvalue weighted by Gasteiger charge is -2.14. The van der Waals surface area contributed by atoms with E-state index in [-0.39, 0.29) is 13.6 Å². The van der Waals surface area contributed by atoms with Gasteiger partial charge in [-0.3, -0.25) is 0 Å². The fourth-order valence-corrected chi connectivity index (χ4v) is 3.94. The smallest absolute Gasteiger partial charge is 0.144 e. The molecule has 4 nitrogen and oxygen atoms in total. The second-order valence-electron chi connectivity index (χ2n) is 5.60. The summed E-state index contributed by atoms with van der Waals surface area (Å²) < 4.78 is 9.75. The number of thioether (sulfide) groups is 2. The predicted octanol–water partition coefficient (Wildman–Crippen LogP) is 6.23. The van der Waals surface area contributed by atoms with Crippen LogP contribution in [0.15, 0.2) is 60.7 Å². The van der Waals surface area contributed by atoms with Gasteiger partial charge in [-0.25, -0.2) is 0 Å². The summed E-state index contributed by atoms with van der Waals surface area (Å²) in [5.74, 6) is 1.08. The number of hydrogen-bond acceptors (Lipinski definition) is 6. The average molecular weight is 441 g/mol. The minimum atomic E-state index is -0.200. The molecule has 2 atom stereocenters. The molecule has 0 bridgehead atoms. The molecule has 2 unspecified atom stereocenters. The molecule has 6 heteroatoms. The maximum absolute atomic E-state index is 8.49. The Kier molecular flexibility index (Phi) is 19.5. The van der Waals surface area contributed by atoms with Gasteiger partial charge in [-0.1, -0.05) is 81.4 Å². The normalized spacial score (nSPS) is 12.1. The number of ether oxygens (including phenoxy) is 2. The van der Waals surface area contributed by atoms with Crippen LogP contribution >= 0.6 is 23.5 Å². The van der Waals surface area contributed by atoms with E-state index in [2.05, 4.69) is 38.1 Å². The highest BCUT2D eigenvalue weighted by molar-refractivity contribution is 7.99. The predicted molar refractivity (Wildman–Crippen MR) is 127 cm³/mol. The minimum absolute atomic E-state index is 0.196. The maximum atomic E-state index is 8.49. The van der Waals surface area contributed by atoms with Gasteiger partial charge in [0.05, 0.1) is 11.9 Å². The maximum Gasteiger partial charge on any atom is 0.144 e. The van der Waals surface area contributed by atoms with E-state index < -0.39 is 0 Å². The highest BCUT2D eigenvalue weighted by Gasteiger charge is 2.08. The van der Waals surface area contributed by atoms with Crippen molar-refractivity contribution in [1.82, 2.24) is 0 Å². The Labute approximate surface area is 185 Å². The van der Waals surface area contributed by atoms with Crippen molar-refractivity contribution >= 4 is 23.5 Å². The highest BCUT2D eigenvalue weighted by Crippen LogP contribution is 2.31. The van der Waals surface area contributed by atoms with E-state index >= 15 is 0 Å². The summed E-state index contributed by atoms with van der Waals surface area (Å²) in [5, 5.41) is 17.8. The van der Waals surface area contributed by atoms with Crippen LogP contribution in [0.5, 0.6) is 0 Å². The van der Waals surface area contributed by atoms with E-state index in [4.69, 9.17) is 19.7 Å². The number of aliphatic hydroxyl groups excluding tert-OH is 2. The zero-order chi connectivity index (χ0) is 21.7. The van der Waals surface area contributed by atoms with Crippen molar-refractivity contribution in [3.63, 3.8) is 0 Å². The number of hydrogen-bond donors (Lipinski definition) is 2. The van der Waals surface area contributed by atoms with Gasteiger partial charge in [-0.05, 0) is 24.5 Å². The molecule has 2 rings (SSSR count). The van der Waals surface area contributed by atoms with Crippen molar-refractivity contribution in [2.75, 3.05) is 25.5 Å². The lowest BCUT2D eigenvalue weighted by molar-refractivity contribution is 0.0236. The number of rotatable bonds is 11. The Balaban J connectivity index is 0.000000499. The number of benzene rings is 2. The molecule has 29 heavy (non-hydrogen) atoms. The third-order valence-electron chi connectivity index (χ3n) is 3.75. The lowest BCUT2D eigenvalue weighted by Crippen LogP contribution is -1.97. The van der Waals surface area contributed by atoms with Crippen LogP contribution in [-0.2, 0) is 9.47 Å². The molecule has 0 aliphatic heterocycles. The molecule has 0 aromatic heterocycles. The Morgan fingerprint density at radius 1 is 0.759 bits per heavy atom. The van der Waals surface area contributed by atoms with E-state index in [1.807, 2.05) is 50.2 Å². The monoisotopic (exact) mass is 440 g/mol. The molecule has 0 radical (unpaired) electrons. The summed E-state index contributed by atoms with van der Waals surface area (Å²) in [6, 6.07) is 20.6. The zero-order valence-corrected chi connectivity index (χ0v) is 19.6. The molecule has 0 fully saturated rings. The minimum Gasteiger partial charge on any atom is -0.371 e. The van der Waals surface area contributed by atoms with Gasteiger partial charge in [0, 0.05) is 10.5 Å². The van der Waals surface area contributed by atoms with Crippen LogP contribution in [0.2, 0.25) is 0 Å². The van der Waals surface area contributed by atoms with Crippen LogP contribution in [0.3, 0.4) is 0 Å². The third kappa shape index (κ3) is 13.8. The van der Waals surface area contributed by atoms with Gasteiger partial charge in [-0.2, -0.15) is 0 Å². The zero-order valence-electron chi connectivity index (χ0n) is 18.0. The molecule has 0 spiro atoms. The van der Waals surface area contributed by atoms with Crippen molar-refractivity contribution in [1.29, 1.82) is 0 Å². The summed E-state index contributed by atoms with van der Waals surface area (Å²) in [7, 11) is 0. The molecular weight excluding hydrogens is 404 g/mol. The first-order valence-corrected chi connectivity index (χ1v) is 12.0. The SMILES string of the molecule is CC.CC(SCOCO)c1ccccc1.CCC(SCOCO)c1ccccc1. The van der Waals surface area contributed by atoms with Crippen LogP contribution in [0.1, 0.15) is 55.7 Å². The Bertz CT molecular complexity index is 570. The first-order chi connectivity index (χ1) is 14.2. The van der Waals surface area contributed by atoms with Crippen LogP contribution in [0, 0.1) is 0 Å². The summed E-state index contributed by atoms with van der Waals surface area (Å²) in [6.07, 6.45) is 1.07. The van der Waals surface area contributed by atoms with Crippen molar-refractivity contribution in [2.24, 2.45) is 0 Å². The molecular formula is C23H36O4S2. The summed E-state index contributed by atoms with van der Waals surface area (Å²) in [6.45, 7) is 7.89. The standard InChI is InChI=1S/C11H16O2S.C10H14O2S.C2H6/c1-2-11(14-9-13-8-12)10-6-4-3-5-7-10;1-9(13-8-12-7-11)10-5-3-2-4-6-10;1-2/h3-7,11-12H,2,8-9H2,1H3;2-6,9,11H,7-8H2,1H3;1-2H3. The molecule has 2 aromatic rings. The molecule has 0 saturated heterocycles. The lowest BCUT2D eigenvalue weighted by atomic mass is 10.1. The third-order valence-corrected chi connectivity index (χ3v) is 6.13. The van der Waals surface area contributed by atoms with E-state index in [0.29, 0.717) is 22.4 Å². The topological polar surface area (TPSA) is 58.9 Å². The van der Waals surface area contributed by atoms with E-state index in [1.54, 1.807) is 23.5 Å². The van der Waals surface area contributed by atoms with Gasteiger partial charge in [-0.15, -0.1) is 23.5 Å². The van der Waals surface area contributed by atoms with Crippen molar-refractivity contribution in [2.45, 2.75) is 44.6 Å². The molecule has 0 amide bonds. The Morgan fingerprint density at radius 3 is 1.66 bits per heavy atom. The molecule has 0 aliphatic rings. The van der Waals surface area contributed by atoms with Crippen LogP contribution < -0.4 is 0 Å². The van der Waals surface area contributed by atoms with Gasteiger partial charge in [0.1, 0.15) is 13.6 Å². The van der Waals surface area contributed by atoms with Gasteiger partial charge in [0.15, 0.2) is 0 Å². The van der Waals surface area contributed by atoms with E-state index in [1.165, 1.54) is 11.1 Å². The van der Waals surface area contributed by atoms with Gasteiger partial charge in [0.2, 0.25) is 0 Å². The summed E-state index contributed by atoms with van der Waals surface area (Å²) >= 11 is 3.39. The number of aliphatic hydroxyl groups is 2. The molecule has 0 heterocycles. The van der Waals surface area contributed by atoms with Crippen LogP contribution in [0.4, 0.5) is 0 Å². The van der Waals surface area contributed by atoms with Gasteiger partial charge in [0.25, 0.3) is 0 Å². The fraction of sp³-hybridized carbons (Fsp3) is 0.478. The van der Waals surface area contributed by atoms with Gasteiger partial charge < -0.3 is 19.7 Å². The van der Waals surface area contributed by atoms with Crippen molar-refractivity contribution < 1.29 is 19.7 Å². The van der Waals surface area contributed by atoms with Crippen LogP contribution in [-0.4, -0.2) is 35.7 Å². The quantitative estimate of drug-likeness (QED) is 0.319. The second kappa shape index (κ2) is 20.3. The first kappa shape index (κ1) is 28.0. The first-order valence-electron chi connectivity index (χ1n) is 9.93. The Hall–Kier alpha value is -1.02. The molecule has 2 aromatic carbocycles. The second-order valence-corrected chi connectivity index (χ2v) is 8.01. The summed E-state index contributed by atoms with van der Waals surface area (Å²) in [4.78, 5) is 0. The Morgan fingerprint density at radius 2 is 1.21 bits per heavy atom.